The third-order valence-corrected chi connectivity index (χ3v) is 4.33. The van der Waals surface area contributed by atoms with Gasteiger partial charge >= 0.3 is 40.6 Å². The molecule has 2 fully saturated rings. The van der Waals surface area contributed by atoms with Crippen LogP contribution in [0.15, 0.2) is 0 Å². The van der Waals surface area contributed by atoms with E-state index in [4.69, 9.17) is 20.2 Å². The van der Waals surface area contributed by atoms with Gasteiger partial charge in [-0.15, -0.1) is 0 Å². The van der Waals surface area contributed by atoms with Gasteiger partial charge in [0.2, 0.25) is 0 Å². The van der Waals surface area contributed by atoms with Crippen molar-refractivity contribution in [2.45, 2.75) is 38.8 Å². The Kier molecular flexibility index (Phi) is 16.1. The van der Waals surface area contributed by atoms with Crippen LogP contribution in [0.4, 0.5) is 17.3 Å². The number of nitrogens with zero attached hydrogens (tertiary/aromatic N) is 2. The van der Waals surface area contributed by atoms with Crippen molar-refractivity contribution in [1.82, 2.24) is 20.4 Å². The minimum absolute atomic E-state index is 0.00694. The summed E-state index contributed by atoms with van der Waals surface area (Å²) in [6.45, 7) is 14.3. The molecule has 2 bridgehead atoms. The second kappa shape index (κ2) is 15.6. The van der Waals surface area contributed by atoms with Crippen LogP contribution in [0.3, 0.4) is 0 Å². The summed E-state index contributed by atoms with van der Waals surface area (Å²) in [6, 6.07) is 1.31. The van der Waals surface area contributed by atoms with Crippen LogP contribution in [0.5, 0.6) is 0 Å². The van der Waals surface area contributed by atoms with E-state index in [0.29, 0.717) is 12.1 Å². The Balaban J connectivity index is 0.000000663. The molecule has 4 atom stereocenters. The fraction of sp³-hybridized carbons (Fsp3) is 1.00. The number of nitrogens with one attached hydrogen (secondary N) is 2. The summed E-state index contributed by atoms with van der Waals surface area (Å²) in [7, 11) is 3.59. The fourth-order valence-corrected chi connectivity index (χ4v) is 2.85. The molecule has 4 nitrogen and oxygen atoms in total. The Morgan fingerprint density at radius 3 is 1.38 bits per heavy atom. The number of hydrogen-bond acceptors (Lipinski definition) is 4. The molecule has 158 valence electrons. The molecule has 12 heteroatoms. The van der Waals surface area contributed by atoms with Crippen LogP contribution in [0.25, 0.3) is 0 Å². The fourth-order valence-electron chi connectivity index (χ4n) is 2.85. The van der Waals surface area contributed by atoms with Gasteiger partial charge in [0.1, 0.15) is 0 Å². The first-order valence-corrected chi connectivity index (χ1v) is 12.1. The maximum absolute atomic E-state index is 9.75. The Morgan fingerprint density at radius 1 is 0.769 bits per heavy atom. The van der Waals surface area contributed by atoms with E-state index >= 15 is 0 Å². The first-order valence-electron chi connectivity index (χ1n) is 8.81. The summed E-state index contributed by atoms with van der Waals surface area (Å²) in [5.41, 5.74) is 0. The van der Waals surface area contributed by atoms with E-state index in [1.807, 2.05) is 0 Å². The molecule has 0 aromatic heterocycles. The number of hydrogen-bond donors (Lipinski definition) is 2. The van der Waals surface area contributed by atoms with Gasteiger partial charge in [0.15, 0.2) is 0 Å². The summed E-state index contributed by atoms with van der Waals surface area (Å²) in [5.74, 6) is 0. The molecule has 2 N–H and O–H groups in total. The topological polar surface area (TPSA) is 30.5 Å². The third kappa shape index (κ3) is 18.1. The van der Waals surface area contributed by atoms with Crippen molar-refractivity contribution in [3.8, 4) is 0 Å². The van der Waals surface area contributed by atoms with Crippen molar-refractivity contribution in [3.63, 3.8) is 0 Å². The number of halogens is 6. The second-order valence-corrected chi connectivity index (χ2v) is 8.47. The van der Waals surface area contributed by atoms with Crippen LogP contribution < -0.4 is 10.6 Å². The zero-order valence-corrected chi connectivity index (χ0v) is 18.0. The Bertz CT molecular complexity index is 319. The quantitative estimate of drug-likeness (QED) is 0.424. The van der Waals surface area contributed by atoms with Crippen molar-refractivity contribution >= 4 is 27.5 Å². The average molecular weight is 467 g/mol. The van der Waals surface area contributed by atoms with Gasteiger partial charge in [-0.3, -0.25) is 0 Å². The van der Waals surface area contributed by atoms with Gasteiger partial charge in [-0.25, -0.2) is 0 Å². The zero-order valence-electron chi connectivity index (χ0n) is 15.3. The van der Waals surface area contributed by atoms with E-state index in [9.17, 15) is 17.3 Å². The van der Waals surface area contributed by atoms with Crippen LogP contribution in [0.2, 0.25) is 0 Å². The first-order chi connectivity index (χ1) is 12.2. The Hall–Kier alpha value is 0.724. The average Bonchev–Trinajstić information content (AvgIpc) is 2.52. The van der Waals surface area contributed by atoms with Crippen molar-refractivity contribution < 1.29 is 30.4 Å². The predicted octanol–water partition coefficient (Wildman–Crippen LogP) is 3.03. The van der Waals surface area contributed by atoms with Gasteiger partial charge in [0.05, 0.1) is 0 Å². The van der Waals surface area contributed by atoms with E-state index < -0.39 is 7.25 Å². The molecule has 0 radical (unpaired) electrons. The Morgan fingerprint density at radius 2 is 1.08 bits per heavy atom. The molecule has 2 aliphatic rings. The molecule has 0 saturated carbocycles. The first kappa shape index (κ1) is 26.7. The van der Waals surface area contributed by atoms with E-state index in [2.05, 4.69) is 34.3 Å². The molecular weight excluding hydrogens is 437 g/mol. The normalized spacial score (nSPS) is 30.9. The van der Waals surface area contributed by atoms with E-state index in [1.165, 1.54) is 52.1 Å². The molecule has 0 amide bonds. The van der Waals surface area contributed by atoms with Crippen LogP contribution in [-0.2, 0) is 13.1 Å². The summed E-state index contributed by atoms with van der Waals surface area (Å²) in [4.78, 5) is 5.25. The van der Waals surface area contributed by atoms with E-state index in [1.54, 1.807) is 0 Å². The summed E-state index contributed by atoms with van der Waals surface area (Å²) < 4.78 is 39.0. The van der Waals surface area contributed by atoms with Crippen molar-refractivity contribution in [2.75, 3.05) is 52.4 Å². The van der Waals surface area contributed by atoms with Crippen LogP contribution in [0.1, 0.15) is 26.7 Å². The molecular formula is C14H30BCl2F4MnN4. The molecule has 4 unspecified atom stereocenters. The molecule has 0 aromatic carbocycles. The van der Waals surface area contributed by atoms with Crippen molar-refractivity contribution in [2.24, 2.45) is 0 Å². The molecule has 2 heterocycles. The molecule has 2 aliphatic heterocycles. The van der Waals surface area contributed by atoms with Crippen molar-refractivity contribution in [1.29, 1.82) is 0 Å². The van der Waals surface area contributed by atoms with E-state index in [-0.39, 0.29) is 13.1 Å². The molecule has 0 aliphatic carbocycles. The van der Waals surface area contributed by atoms with Crippen LogP contribution in [0, 0.1) is 0 Å². The molecule has 26 heavy (non-hydrogen) atoms. The number of rotatable bonds is 0. The molecule has 2 saturated heterocycles. The summed E-state index contributed by atoms with van der Waals surface area (Å²) in [5, 5.41) is 7.30. The van der Waals surface area contributed by atoms with Gasteiger partial charge in [0.25, 0.3) is 0 Å². The monoisotopic (exact) mass is 466 g/mol. The predicted molar refractivity (Wildman–Crippen MR) is 98.9 cm³/mol. The standard InChI is InChI=1S/C14H30N4.BF4.2ClH.Mn/c1-13-3-7-17-10-6-16-14(2)4-8-18(12-11-17)9-5-15-13;2-1(3,4)5;;;/h13-16H,3-12H2,1-2H3;;2*1H;/q;-1;;;+3/p-2. The van der Waals surface area contributed by atoms with Crippen LogP contribution >= 0.6 is 20.2 Å². The van der Waals surface area contributed by atoms with Gasteiger partial charge in [0, 0.05) is 51.4 Å². The second-order valence-electron chi connectivity index (χ2n) is 6.52. The SMILES string of the molecule is CC1CCN2CCNC(C)CCN(CCN1)CC2.F[B-](F)(F)F.[Cl][Mn+][Cl]. The molecule has 2 rings (SSSR count). The molecule has 0 spiro atoms. The molecule has 0 aromatic rings. The summed E-state index contributed by atoms with van der Waals surface area (Å²) in [6.07, 6.45) is 2.55. The van der Waals surface area contributed by atoms with Crippen LogP contribution in [-0.4, -0.2) is 81.5 Å². The summed E-state index contributed by atoms with van der Waals surface area (Å²) >= 11 is 0.00694. The van der Waals surface area contributed by atoms with Crippen molar-refractivity contribution in [3.05, 3.63) is 0 Å². The van der Waals surface area contributed by atoms with Gasteiger partial charge in [-0.05, 0) is 39.8 Å². The number of fused-ring (bicyclic) bond motifs is 3. The Labute approximate surface area is 169 Å². The zero-order chi connectivity index (χ0) is 20.0. The maximum atomic E-state index is 9.75. The van der Waals surface area contributed by atoms with Gasteiger partial charge in [-0.1, -0.05) is 0 Å². The van der Waals surface area contributed by atoms with Gasteiger partial charge < -0.3 is 37.7 Å². The van der Waals surface area contributed by atoms with E-state index in [0.717, 1.165) is 13.1 Å². The van der Waals surface area contributed by atoms with Gasteiger partial charge in [-0.2, -0.15) is 0 Å². The minimum atomic E-state index is -6.00. The third-order valence-electron chi connectivity index (χ3n) is 4.33.